The van der Waals surface area contributed by atoms with Gasteiger partial charge in [0.15, 0.2) is 0 Å². The van der Waals surface area contributed by atoms with E-state index >= 15 is 0 Å². The zero-order valence-electron chi connectivity index (χ0n) is 17.3. The van der Waals surface area contributed by atoms with Gasteiger partial charge < -0.3 is 19.2 Å². The molecule has 1 amide bonds. The van der Waals surface area contributed by atoms with Crippen molar-refractivity contribution in [2.75, 3.05) is 32.8 Å². The van der Waals surface area contributed by atoms with E-state index in [1.165, 1.54) is 0 Å². The van der Waals surface area contributed by atoms with Crippen molar-refractivity contribution in [3.05, 3.63) is 66.1 Å². The number of hydrogen-bond donors (Lipinski definition) is 1. The number of amides is 1. The van der Waals surface area contributed by atoms with E-state index in [2.05, 4.69) is 15.2 Å². The molecule has 1 fully saturated rings. The molecule has 0 spiro atoms. The molecule has 0 bridgehead atoms. The lowest BCUT2D eigenvalue weighted by Crippen LogP contribution is -2.40. The highest BCUT2D eigenvalue weighted by Gasteiger charge is 2.14. The standard InChI is InChI=1S/C23H28N4O3/c1-18(8-10-26-11-13-29-14-12-26)24-23(28)19-5-4-6-21(15-19)30-17-20-16-27-9-3-2-7-22(27)25-20/h2-7,9,15-16,18H,8,10-14,17H2,1H3,(H,24,28). The molecule has 1 atom stereocenters. The number of nitrogens with zero attached hydrogens (tertiary/aromatic N) is 3. The molecule has 1 saturated heterocycles. The summed E-state index contributed by atoms with van der Waals surface area (Å²) >= 11 is 0. The van der Waals surface area contributed by atoms with Crippen LogP contribution in [0.15, 0.2) is 54.9 Å². The van der Waals surface area contributed by atoms with Crippen LogP contribution in [0.4, 0.5) is 0 Å². The molecule has 0 radical (unpaired) electrons. The lowest BCUT2D eigenvalue weighted by molar-refractivity contribution is 0.0363. The van der Waals surface area contributed by atoms with Crippen LogP contribution in [0.2, 0.25) is 0 Å². The smallest absolute Gasteiger partial charge is 0.251 e. The van der Waals surface area contributed by atoms with Crippen molar-refractivity contribution in [3.63, 3.8) is 0 Å². The Balaban J connectivity index is 1.28. The fraction of sp³-hybridized carbons (Fsp3) is 0.391. The fourth-order valence-electron chi connectivity index (χ4n) is 3.52. The topological polar surface area (TPSA) is 68.1 Å². The van der Waals surface area contributed by atoms with Gasteiger partial charge in [0.25, 0.3) is 5.91 Å². The minimum Gasteiger partial charge on any atom is -0.487 e. The van der Waals surface area contributed by atoms with Crippen LogP contribution in [-0.2, 0) is 11.3 Å². The van der Waals surface area contributed by atoms with Crippen molar-refractivity contribution in [1.82, 2.24) is 19.6 Å². The number of morpholine rings is 1. The molecular formula is C23H28N4O3. The monoisotopic (exact) mass is 408 g/mol. The van der Waals surface area contributed by atoms with Crippen LogP contribution < -0.4 is 10.1 Å². The van der Waals surface area contributed by atoms with Gasteiger partial charge in [-0.25, -0.2) is 4.98 Å². The van der Waals surface area contributed by atoms with E-state index in [4.69, 9.17) is 9.47 Å². The lowest BCUT2D eigenvalue weighted by atomic mass is 10.1. The van der Waals surface area contributed by atoms with Gasteiger partial charge in [0.2, 0.25) is 0 Å². The van der Waals surface area contributed by atoms with E-state index in [1.807, 2.05) is 60.1 Å². The van der Waals surface area contributed by atoms with Gasteiger partial charge in [-0.3, -0.25) is 9.69 Å². The molecule has 4 rings (SSSR count). The fourth-order valence-corrected chi connectivity index (χ4v) is 3.52. The first-order valence-corrected chi connectivity index (χ1v) is 10.4. The largest absolute Gasteiger partial charge is 0.487 e. The van der Waals surface area contributed by atoms with E-state index in [0.717, 1.165) is 50.6 Å². The Morgan fingerprint density at radius 3 is 2.93 bits per heavy atom. The second kappa shape index (κ2) is 9.73. The average molecular weight is 409 g/mol. The predicted molar refractivity (Wildman–Crippen MR) is 115 cm³/mol. The van der Waals surface area contributed by atoms with E-state index in [-0.39, 0.29) is 11.9 Å². The van der Waals surface area contributed by atoms with Crippen LogP contribution in [0.25, 0.3) is 5.65 Å². The zero-order chi connectivity index (χ0) is 20.8. The highest BCUT2D eigenvalue weighted by molar-refractivity contribution is 5.94. The molecule has 1 N–H and O–H groups in total. The lowest BCUT2D eigenvalue weighted by Gasteiger charge is -2.27. The minimum absolute atomic E-state index is 0.0809. The van der Waals surface area contributed by atoms with Gasteiger partial charge in [-0.1, -0.05) is 12.1 Å². The molecule has 1 aromatic carbocycles. The van der Waals surface area contributed by atoms with E-state index in [9.17, 15) is 4.79 Å². The third-order valence-electron chi connectivity index (χ3n) is 5.26. The zero-order valence-corrected chi connectivity index (χ0v) is 17.3. The molecule has 0 saturated carbocycles. The number of aromatic nitrogens is 2. The Labute approximate surface area is 176 Å². The van der Waals surface area contributed by atoms with Crippen molar-refractivity contribution in [1.29, 1.82) is 0 Å². The Kier molecular flexibility index (Phi) is 6.61. The quantitative estimate of drug-likeness (QED) is 0.621. The molecule has 1 unspecified atom stereocenters. The van der Waals surface area contributed by atoms with Gasteiger partial charge in [-0.05, 0) is 43.7 Å². The Morgan fingerprint density at radius 2 is 2.10 bits per heavy atom. The van der Waals surface area contributed by atoms with Crippen molar-refractivity contribution >= 4 is 11.6 Å². The summed E-state index contributed by atoms with van der Waals surface area (Å²) in [6.07, 6.45) is 4.81. The van der Waals surface area contributed by atoms with Crippen molar-refractivity contribution in [2.45, 2.75) is 26.0 Å². The Bertz CT molecular complexity index is 948. The van der Waals surface area contributed by atoms with Gasteiger partial charge >= 0.3 is 0 Å². The summed E-state index contributed by atoms with van der Waals surface area (Å²) in [4.78, 5) is 19.5. The Morgan fingerprint density at radius 1 is 1.23 bits per heavy atom. The summed E-state index contributed by atoms with van der Waals surface area (Å²) in [5.41, 5.74) is 2.32. The molecule has 2 aromatic heterocycles. The highest BCUT2D eigenvalue weighted by atomic mass is 16.5. The molecule has 7 heteroatoms. The summed E-state index contributed by atoms with van der Waals surface area (Å²) in [6, 6.07) is 13.3. The maximum Gasteiger partial charge on any atom is 0.251 e. The van der Waals surface area contributed by atoms with E-state index in [1.54, 1.807) is 6.07 Å². The van der Waals surface area contributed by atoms with Crippen LogP contribution in [0, 0.1) is 0 Å². The molecular weight excluding hydrogens is 380 g/mol. The third-order valence-corrected chi connectivity index (χ3v) is 5.26. The van der Waals surface area contributed by atoms with E-state index in [0.29, 0.717) is 17.9 Å². The number of pyridine rings is 1. The summed E-state index contributed by atoms with van der Waals surface area (Å²) in [6.45, 7) is 6.88. The molecule has 158 valence electrons. The molecule has 3 aromatic rings. The van der Waals surface area contributed by atoms with E-state index < -0.39 is 0 Å². The highest BCUT2D eigenvalue weighted by Crippen LogP contribution is 2.16. The summed E-state index contributed by atoms with van der Waals surface area (Å²) in [5.74, 6) is 0.573. The predicted octanol–water partition coefficient (Wildman–Crippen LogP) is 2.75. The SMILES string of the molecule is CC(CCN1CCOCC1)NC(=O)c1cccc(OCc2cn3ccccc3n2)c1. The summed E-state index contributed by atoms with van der Waals surface area (Å²) in [5, 5.41) is 3.09. The second-order valence-electron chi connectivity index (χ2n) is 7.63. The number of hydrogen-bond acceptors (Lipinski definition) is 5. The summed E-state index contributed by atoms with van der Waals surface area (Å²) in [7, 11) is 0. The number of benzene rings is 1. The molecule has 30 heavy (non-hydrogen) atoms. The number of rotatable bonds is 8. The molecule has 3 heterocycles. The maximum atomic E-state index is 12.6. The first-order chi connectivity index (χ1) is 14.7. The number of imidazole rings is 1. The van der Waals surface area contributed by atoms with Crippen molar-refractivity contribution in [2.24, 2.45) is 0 Å². The average Bonchev–Trinajstić information content (AvgIpc) is 3.20. The van der Waals surface area contributed by atoms with Crippen LogP contribution in [0.1, 0.15) is 29.4 Å². The van der Waals surface area contributed by atoms with Gasteiger partial charge in [-0.2, -0.15) is 0 Å². The van der Waals surface area contributed by atoms with Crippen LogP contribution in [0.3, 0.4) is 0 Å². The van der Waals surface area contributed by atoms with Crippen molar-refractivity contribution < 1.29 is 14.3 Å². The second-order valence-corrected chi connectivity index (χ2v) is 7.63. The van der Waals surface area contributed by atoms with Crippen LogP contribution >= 0.6 is 0 Å². The molecule has 1 aliphatic heterocycles. The first-order valence-electron chi connectivity index (χ1n) is 10.4. The van der Waals surface area contributed by atoms with Gasteiger partial charge in [0, 0.05) is 43.6 Å². The molecule has 0 aliphatic carbocycles. The third kappa shape index (κ3) is 5.37. The molecule has 7 nitrogen and oxygen atoms in total. The number of carbonyl (C=O) groups is 1. The van der Waals surface area contributed by atoms with Crippen molar-refractivity contribution in [3.8, 4) is 5.75 Å². The first kappa shape index (κ1) is 20.4. The molecule has 1 aliphatic rings. The number of carbonyl (C=O) groups excluding carboxylic acids is 1. The number of nitrogens with one attached hydrogen (secondary N) is 1. The van der Waals surface area contributed by atoms with Crippen LogP contribution in [0.5, 0.6) is 5.75 Å². The number of ether oxygens (including phenoxy) is 2. The minimum atomic E-state index is -0.0809. The Hall–Kier alpha value is -2.90. The normalized spacial score (nSPS) is 15.8. The van der Waals surface area contributed by atoms with Gasteiger partial charge in [-0.15, -0.1) is 0 Å². The summed E-state index contributed by atoms with van der Waals surface area (Å²) < 4.78 is 13.2. The number of fused-ring (bicyclic) bond motifs is 1. The van der Waals surface area contributed by atoms with Crippen LogP contribution in [-0.4, -0.2) is 59.1 Å². The van der Waals surface area contributed by atoms with Gasteiger partial charge in [0.05, 0.1) is 18.9 Å². The van der Waals surface area contributed by atoms with Gasteiger partial charge in [0.1, 0.15) is 18.0 Å². The maximum absolute atomic E-state index is 12.6.